The lowest BCUT2D eigenvalue weighted by atomic mass is 10.0. The van der Waals surface area contributed by atoms with Crippen molar-refractivity contribution in [2.45, 2.75) is 19.9 Å². The Kier molecular flexibility index (Phi) is 4.55. The molecule has 5 heteroatoms. The number of thiophene rings is 1. The van der Waals surface area contributed by atoms with Gasteiger partial charge in [-0.1, -0.05) is 24.6 Å². The molecule has 2 aromatic rings. The first kappa shape index (κ1) is 14.4. The molecule has 1 atom stereocenters. The predicted molar refractivity (Wildman–Crippen MR) is 75.9 cm³/mol. The fourth-order valence-corrected chi connectivity index (χ4v) is 3.26. The second-order valence-corrected chi connectivity index (χ2v) is 5.92. The van der Waals surface area contributed by atoms with Crippen molar-refractivity contribution in [1.29, 1.82) is 0 Å². The zero-order valence-corrected chi connectivity index (χ0v) is 12.2. The maximum Gasteiger partial charge on any atom is 0.131 e. The highest BCUT2D eigenvalue weighted by Crippen LogP contribution is 2.35. The monoisotopic (exact) mass is 301 g/mol. The molecule has 0 amide bonds. The maximum absolute atomic E-state index is 13.9. The van der Waals surface area contributed by atoms with E-state index in [1.54, 1.807) is 0 Å². The largest absolute Gasteiger partial charge is 0.306 e. The van der Waals surface area contributed by atoms with Gasteiger partial charge >= 0.3 is 0 Å². The summed E-state index contributed by atoms with van der Waals surface area (Å²) in [6, 6.07) is 5.26. The summed E-state index contributed by atoms with van der Waals surface area (Å²) in [5.74, 6) is -1.10. The van der Waals surface area contributed by atoms with Crippen LogP contribution in [0.4, 0.5) is 8.78 Å². The van der Waals surface area contributed by atoms with Gasteiger partial charge in [0.25, 0.3) is 0 Å². The summed E-state index contributed by atoms with van der Waals surface area (Å²) >= 11 is 7.39. The first-order valence-electron chi connectivity index (χ1n) is 5.97. The number of rotatable bonds is 4. The van der Waals surface area contributed by atoms with E-state index >= 15 is 0 Å². The number of aryl methyl sites for hydroxylation is 1. The lowest BCUT2D eigenvalue weighted by molar-refractivity contribution is 0.513. The van der Waals surface area contributed by atoms with Crippen molar-refractivity contribution in [3.8, 4) is 0 Å². The van der Waals surface area contributed by atoms with Crippen molar-refractivity contribution in [3.63, 3.8) is 0 Å². The Labute approximate surface area is 120 Å². The summed E-state index contributed by atoms with van der Waals surface area (Å²) in [5, 5.41) is 3.11. The molecule has 1 nitrogen and oxygen atoms in total. The number of benzene rings is 1. The molecule has 0 fully saturated rings. The van der Waals surface area contributed by atoms with Crippen LogP contribution in [-0.2, 0) is 0 Å². The van der Waals surface area contributed by atoms with Crippen LogP contribution in [0.2, 0.25) is 4.34 Å². The average molecular weight is 302 g/mol. The van der Waals surface area contributed by atoms with Crippen LogP contribution in [0.25, 0.3) is 0 Å². The van der Waals surface area contributed by atoms with Crippen LogP contribution in [0.1, 0.15) is 29.0 Å². The number of nitrogens with one attached hydrogen (secondary N) is 1. The van der Waals surface area contributed by atoms with Gasteiger partial charge in [0.15, 0.2) is 0 Å². The highest BCUT2D eigenvalue weighted by Gasteiger charge is 2.23. The van der Waals surface area contributed by atoms with Gasteiger partial charge in [0.2, 0.25) is 0 Å². The number of halogens is 3. The summed E-state index contributed by atoms with van der Waals surface area (Å²) < 4.78 is 28.5. The molecule has 1 heterocycles. The van der Waals surface area contributed by atoms with Gasteiger partial charge in [0, 0.05) is 10.4 Å². The van der Waals surface area contributed by atoms with Gasteiger partial charge in [-0.05, 0) is 37.2 Å². The smallest absolute Gasteiger partial charge is 0.131 e. The van der Waals surface area contributed by atoms with Crippen LogP contribution >= 0.6 is 22.9 Å². The lowest BCUT2D eigenvalue weighted by Crippen LogP contribution is -2.23. The van der Waals surface area contributed by atoms with Crippen LogP contribution in [0.15, 0.2) is 24.3 Å². The molecule has 1 unspecified atom stereocenters. The minimum absolute atomic E-state index is 0.0438. The highest BCUT2D eigenvalue weighted by molar-refractivity contribution is 7.16. The van der Waals surface area contributed by atoms with E-state index in [1.807, 2.05) is 19.9 Å². The first-order valence-corrected chi connectivity index (χ1v) is 7.17. The van der Waals surface area contributed by atoms with Gasteiger partial charge < -0.3 is 5.32 Å². The molecule has 19 heavy (non-hydrogen) atoms. The number of hydrogen-bond donors (Lipinski definition) is 1. The highest BCUT2D eigenvalue weighted by atomic mass is 35.5. The van der Waals surface area contributed by atoms with Crippen LogP contribution in [0.5, 0.6) is 0 Å². The molecule has 102 valence electrons. The fourth-order valence-electron chi connectivity index (χ4n) is 1.96. The Morgan fingerprint density at radius 1 is 1.32 bits per heavy atom. The summed E-state index contributed by atoms with van der Waals surface area (Å²) in [7, 11) is 0. The summed E-state index contributed by atoms with van der Waals surface area (Å²) in [6.07, 6.45) is 0. The van der Waals surface area contributed by atoms with Gasteiger partial charge in [-0.25, -0.2) is 8.78 Å². The van der Waals surface area contributed by atoms with Crippen molar-refractivity contribution < 1.29 is 8.78 Å². The second kappa shape index (κ2) is 5.99. The second-order valence-electron chi connectivity index (χ2n) is 4.23. The topological polar surface area (TPSA) is 12.0 Å². The maximum atomic E-state index is 13.9. The standard InChI is InChI=1S/C14H14ClF2NS/c1-3-18-13(11-7-8(2)14(15)19-11)12-9(16)5-4-6-10(12)17/h4-7,13,18H,3H2,1-2H3. The Morgan fingerprint density at radius 2 is 1.95 bits per heavy atom. The van der Waals surface area contributed by atoms with Crippen LogP contribution in [-0.4, -0.2) is 6.54 Å². The molecular formula is C14H14ClF2NS. The average Bonchev–Trinajstić information content (AvgIpc) is 2.68. The van der Waals surface area contributed by atoms with Crippen molar-refractivity contribution in [2.75, 3.05) is 6.54 Å². The fraction of sp³-hybridized carbons (Fsp3) is 0.286. The molecule has 1 N–H and O–H groups in total. The van der Waals surface area contributed by atoms with Gasteiger partial charge in [-0.2, -0.15) is 0 Å². The third-order valence-electron chi connectivity index (χ3n) is 2.86. The molecular weight excluding hydrogens is 288 g/mol. The SMILES string of the molecule is CCNC(c1cc(C)c(Cl)s1)c1c(F)cccc1F. The molecule has 0 aliphatic rings. The quantitative estimate of drug-likeness (QED) is 0.864. The van der Waals surface area contributed by atoms with Crippen molar-refractivity contribution >= 4 is 22.9 Å². The molecule has 0 aliphatic heterocycles. The zero-order valence-electron chi connectivity index (χ0n) is 10.6. The van der Waals surface area contributed by atoms with Gasteiger partial charge in [0.1, 0.15) is 11.6 Å². The molecule has 0 saturated carbocycles. The van der Waals surface area contributed by atoms with E-state index < -0.39 is 17.7 Å². The van der Waals surface area contributed by atoms with Crippen LogP contribution in [0, 0.1) is 18.6 Å². The predicted octanol–water partition coefficient (Wildman–Crippen LogP) is 4.69. The molecule has 0 bridgehead atoms. The van der Waals surface area contributed by atoms with Gasteiger partial charge in [0.05, 0.1) is 10.4 Å². The van der Waals surface area contributed by atoms with Crippen molar-refractivity contribution in [2.24, 2.45) is 0 Å². The molecule has 1 aromatic carbocycles. The third-order valence-corrected chi connectivity index (χ3v) is 4.48. The van der Waals surface area contributed by atoms with Gasteiger partial charge in [-0.3, -0.25) is 0 Å². The van der Waals surface area contributed by atoms with Crippen LogP contribution < -0.4 is 5.32 Å². The molecule has 0 aliphatic carbocycles. The lowest BCUT2D eigenvalue weighted by Gasteiger charge is -2.18. The summed E-state index contributed by atoms with van der Waals surface area (Å²) in [4.78, 5) is 0.813. The summed E-state index contributed by atoms with van der Waals surface area (Å²) in [6.45, 7) is 4.38. The molecule has 0 saturated heterocycles. The molecule has 2 rings (SSSR count). The third kappa shape index (κ3) is 2.96. The van der Waals surface area contributed by atoms with E-state index in [0.717, 1.165) is 10.4 Å². The minimum Gasteiger partial charge on any atom is -0.306 e. The van der Waals surface area contributed by atoms with E-state index in [-0.39, 0.29) is 5.56 Å². The summed E-state index contributed by atoms with van der Waals surface area (Å²) in [5.41, 5.74) is 0.962. The molecule has 0 radical (unpaired) electrons. The van der Waals surface area contributed by atoms with E-state index in [4.69, 9.17) is 11.6 Å². The van der Waals surface area contributed by atoms with E-state index in [9.17, 15) is 8.78 Å². The Morgan fingerprint density at radius 3 is 2.42 bits per heavy atom. The van der Waals surface area contributed by atoms with Gasteiger partial charge in [-0.15, -0.1) is 11.3 Å². The minimum atomic E-state index is -0.548. The van der Waals surface area contributed by atoms with Crippen LogP contribution in [0.3, 0.4) is 0 Å². The van der Waals surface area contributed by atoms with E-state index in [1.165, 1.54) is 29.5 Å². The number of hydrogen-bond acceptors (Lipinski definition) is 2. The molecule has 0 spiro atoms. The normalized spacial score (nSPS) is 12.7. The van der Waals surface area contributed by atoms with E-state index in [2.05, 4.69) is 5.32 Å². The Balaban J connectivity index is 2.51. The Hall–Kier alpha value is -0.970. The van der Waals surface area contributed by atoms with Crippen molar-refractivity contribution in [1.82, 2.24) is 5.32 Å². The zero-order chi connectivity index (χ0) is 14.0. The van der Waals surface area contributed by atoms with E-state index in [0.29, 0.717) is 10.9 Å². The Bertz CT molecular complexity index is 543. The molecule has 1 aromatic heterocycles. The first-order chi connectivity index (χ1) is 9.04. The van der Waals surface area contributed by atoms with Crippen molar-refractivity contribution in [3.05, 3.63) is 56.2 Å².